The number of phenols is 3. The number of carbonyl (C=O) groups excluding carboxylic acids is 1. The summed E-state index contributed by atoms with van der Waals surface area (Å²) in [7, 11) is 1.33. The molecule has 0 bridgehead atoms. The van der Waals surface area contributed by atoms with Crippen molar-refractivity contribution in [1.29, 1.82) is 0 Å². The van der Waals surface area contributed by atoms with Crippen LogP contribution in [0.1, 0.15) is 23.7 Å². The fourth-order valence-electron chi connectivity index (χ4n) is 4.06. The predicted molar refractivity (Wildman–Crippen MR) is 127 cm³/mol. The van der Waals surface area contributed by atoms with Crippen LogP contribution in [0.25, 0.3) is 6.08 Å². The third-order valence-corrected chi connectivity index (χ3v) is 6.03. The fraction of sp³-hybridized carbons (Fsp3) is 0.360. The number of aromatic hydroxyl groups is 3. The molecule has 2 aliphatic rings. The molecule has 1 fully saturated rings. The van der Waals surface area contributed by atoms with Crippen molar-refractivity contribution in [3.05, 3.63) is 47.2 Å². The number of aliphatic carboxylic acids is 1. The first-order chi connectivity index (χ1) is 18.5. The number of aliphatic hydroxyl groups excluding tert-OH is 3. The van der Waals surface area contributed by atoms with E-state index < -0.39 is 61.8 Å². The second kappa shape index (κ2) is 11.2. The van der Waals surface area contributed by atoms with Crippen molar-refractivity contribution in [1.82, 2.24) is 0 Å². The van der Waals surface area contributed by atoms with E-state index >= 15 is 0 Å². The van der Waals surface area contributed by atoms with Crippen LogP contribution < -0.4 is 9.47 Å². The van der Waals surface area contributed by atoms with E-state index in [-0.39, 0.29) is 40.1 Å². The summed E-state index contributed by atoms with van der Waals surface area (Å²) in [5, 5.41) is 70.2. The highest BCUT2D eigenvalue weighted by Crippen LogP contribution is 2.45. The molecule has 7 N–H and O–H groups in total. The highest BCUT2D eigenvalue weighted by atomic mass is 16.7. The lowest BCUT2D eigenvalue weighted by Crippen LogP contribution is -2.59. The van der Waals surface area contributed by atoms with E-state index in [4.69, 9.17) is 28.8 Å². The highest BCUT2D eigenvalue weighted by molar-refractivity contribution is 5.90. The van der Waals surface area contributed by atoms with Crippen LogP contribution in [0.2, 0.25) is 0 Å². The number of hydrogen-bond acceptors (Lipinski definition) is 13. The number of fused-ring (bicyclic) bond motifs is 1. The van der Waals surface area contributed by atoms with Crippen LogP contribution in [0, 0.1) is 0 Å². The van der Waals surface area contributed by atoms with Gasteiger partial charge in [0.1, 0.15) is 60.5 Å². The zero-order valence-electron chi connectivity index (χ0n) is 20.3. The quantitative estimate of drug-likeness (QED) is 0.171. The number of methoxy groups -OCH3 is 1. The number of carboxylic acids is 1. The van der Waals surface area contributed by atoms with Crippen molar-refractivity contribution >= 4 is 18.0 Å². The molecule has 1 saturated heterocycles. The fourth-order valence-corrected chi connectivity index (χ4v) is 4.06. The number of ether oxygens (including phenoxy) is 5. The summed E-state index contributed by atoms with van der Waals surface area (Å²) in [5.41, 5.74) is 0.476. The number of benzene rings is 2. The van der Waals surface area contributed by atoms with Crippen molar-refractivity contribution in [3.8, 4) is 28.7 Å². The van der Waals surface area contributed by atoms with Crippen LogP contribution in [-0.2, 0) is 23.8 Å². The minimum absolute atomic E-state index is 0.0644. The monoisotopic (exact) mass is 550 g/mol. The Kier molecular flexibility index (Phi) is 8.01. The van der Waals surface area contributed by atoms with Gasteiger partial charge < -0.3 is 59.4 Å². The Bertz CT molecular complexity index is 1270. The summed E-state index contributed by atoms with van der Waals surface area (Å²) in [6.07, 6.45) is -9.14. The number of rotatable bonds is 8. The van der Waals surface area contributed by atoms with Crippen LogP contribution in [0.5, 0.6) is 28.7 Å². The standard InChI is InChI=1S/C25H26O14/c1-35-16-4-10(2-3-13(16)27)24-17(7-12-14(28)5-11(26)6-15(12)37-24)38-25-23(34)22(33)21(32)18(39-25)9-36-20(31)8-19(29)30/h2-7,18,21-28,32-34H,8-9H2,1H3,(H,29,30)/t18?,21-,22?,23?,24?,25-/m1/s1. The molecule has 0 aliphatic carbocycles. The Morgan fingerprint density at radius 1 is 0.974 bits per heavy atom. The molecule has 0 radical (unpaired) electrons. The van der Waals surface area contributed by atoms with E-state index in [0.717, 1.165) is 6.07 Å². The molecule has 6 atom stereocenters. The first-order valence-electron chi connectivity index (χ1n) is 11.5. The van der Waals surface area contributed by atoms with Gasteiger partial charge in [-0.25, -0.2) is 0 Å². The minimum Gasteiger partial charge on any atom is -0.508 e. The Morgan fingerprint density at radius 3 is 2.41 bits per heavy atom. The van der Waals surface area contributed by atoms with Gasteiger partial charge in [-0.1, -0.05) is 6.07 Å². The molecule has 0 spiro atoms. The molecule has 4 rings (SSSR count). The van der Waals surface area contributed by atoms with Gasteiger partial charge in [0.25, 0.3) is 0 Å². The van der Waals surface area contributed by atoms with Gasteiger partial charge in [-0.15, -0.1) is 0 Å². The van der Waals surface area contributed by atoms with E-state index in [9.17, 15) is 40.2 Å². The lowest BCUT2D eigenvalue weighted by Gasteiger charge is -2.41. The van der Waals surface area contributed by atoms with E-state index in [1.54, 1.807) is 0 Å². The molecular formula is C25H26O14. The van der Waals surface area contributed by atoms with Crippen LogP contribution in [0.4, 0.5) is 0 Å². The molecule has 2 aliphatic heterocycles. The third kappa shape index (κ3) is 5.93. The van der Waals surface area contributed by atoms with Gasteiger partial charge in [-0.2, -0.15) is 0 Å². The Morgan fingerprint density at radius 2 is 1.72 bits per heavy atom. The lowest BCUT2D eigenvalue weighted by molar-refractivity contribution is -0.294. The molecule has 14 nitrogen and oxygen atoms in total. The summed E-state index contributed by atoms with van der Waals surface area (Å²) in [5.74, 6) is -3.26. The Balaban J connectivity index is 1.65. The van der Waals surface area contributed by atoms with E-state index in [1.807, 2.05) is 0 Å². The maximum atomic E-state index is 11.6. The van der Waals surface area contributed by atoms with Gasteiger partial charge in [0.15, 0.2) is 17.6 Å². The maximum absolute atomic E-state index is 11.6. The first kappa shape index (κ1) is 27.8. The van der Waals surface area contributed by atoms with E-state index in [2.05, 4.69) is 0 Å². The van der Waals surface area contributed by atoms with E-state index in [1.165, 1.54) is 37.5 Å². The highest BCUT2D eigenvalue weighted by Gasteiger charge is 2.46. The van der Waals surface area contributed by atoms with Crippen molar-refractivity contribution < 1.29 is 69.0 Å². The number of carbonyl (C=O) groups is 2. The van der Waals surface area contributed by atoms with Gasteiger partial charge >= 0.3 is 11.9 Å². The van der Waals surface area contributed by atoms with Gasteiger partial charge in [0.2, 0.25) is 6.29 Å². The molecule has 2 heterocycles. The summed E-state index contributed by atoms with van der Waals surface area (Å²) < 4.78 is 27.3. The average molecular weight is 550 g/mol. The van der Waals surface area contributed by atoms with Gasteiger partial charge in [0.05, 0.1) is 12.7 Å². The zero-order chi connectivity index (χ0) is 28.4. The number of hydrogen-bond donors (Lipinski definition) is 7. The number of carboxylic acid groups (broad SMARTS) is 1. The van der Waals surface area contributed by atoms with Crippen molar-refractivity contribution in [2.75, 3.05) is 13.7 Å². The third-order valence-electron chi connectivity index (χ3n) is 6.03. The molecule has 2 aromatic carbocycles. The maximum Gasteiger partial charge on any atom is 0.317 e. The van der Waals surface area contributed by atoms with Crippen LogP contribution >= 0.6 is 0 Å². The average Bonchev–Trinajstić information content (AvgIpc) is 2.88. The summed E-state index contributed by atoms with van der Waals surface area (Å²) in [4.78, 5) is 22.3. The second-order valence-electron chi connectivity index (χ2n) is 8.74. The number of phenolic OH excluding ortho intramolecular Hbond substituents is 3. The largest absolute Gasteiger partial charge is 0.508 e. The first-order valence-corrected chi connectivity index (χ1v) is 11.5. The lowest BCUT2D eigenvalue weighted by atomic mass is 9.98. The number of esters is 1. The topological polar surface area (TPSA) is 222 Å². The van der Waals surface area contributed by atoms with Gasteiger partial charge in [0, 0.05) is 17.7 Å². The summed E-state index contributed by atoms with van der Waals surface area (Å²) in [6, 6.07) is 6.56. The smallest absolute Gasteiger partial charge is 0.317 e. The van der Waals surface area contributed by atoms with Crippen molar-refractivity contribution in [3.63, 3.8) is 0 Å². The summed E-state index contributed by atoms with van der Waals surface area (Å²) >= 11 is 0. The zero-order valence-corrected chi connectivity index (χ0v) is 20.3. The van der Waals surface area contributed by atoms with E-state index in [0.29, 0.717) is 5.56 Å². The Labute approximate surface area is 220 Å². The van der Waals surface area contributed by atoms with Crippen LogP contribution in [0.15, 0.2) is 36.1 Å². The molecule has 4 unspecified atom stereocenters. The summed E-state index contributed by atoms with van der Waals surface area (Å²) in [6.45, 7) is -0.659. The molecule has 2 aromatic rings. The Hall–Kier alpha value is -4.24. The minimum atomic E-state index is -1.82. The van der Waals surface area contributed by atoms with Crippen LogP contribution in [-0.4, -0.2) is 92.1 Å². The SMILES string of the molecule is COc1cc(C2Oc3cc(O)cc(O)c3C=C2O[C@@H]2OC(COC(=O)CC(=O)O)[C@@H](O)C(O)C2O)ccc1O. The molecule has 39 heavy (non-hydrogen) atoms. The van der Waals surface area contributed by atoms with Gasteiger partial charge in [-0.05, 0) is 18.2 Å². The van der Waals surface area contributed by atoms with Crippen molar-refractivity contribution in [2.24, 2.45) is 0 Å². The molecule has 0 saturated carbocycles. The molecular weight excluding hydrogens is 524 g/mol. The normalized spacial score (nSPS) is 26.0. The number of aliphatic hydroxyl groups is 3. The predicted octanol–water partition coefficient (Wildman–Crippen LogP) is 0.129. The molecule has 0 amide bonds. The molecule has 14 heteroatoms. The van der Waals surface area contributed by atoms with Crippen LogP contribution in [0.3, 0.4) is 0 Å². The molecule has 0 aromatic heterocycles. The second-order valence-corrected chi connectivity index (χ2v) is 8.74. The van der Waals surface area contributed by atoms with Gasteiger partial charge in [-0.3, -0.25) is 9.59 Å². The van der Waals surface area contributed by atoms with Crippen molar-refractivity contribution in [2.45, 2.75) is 43.2 Å². The molecule has 210 valence electrons.